The fraction of sp³-hybridized carbons (Fsp3) is 0.957. The van der Waals surface area contributed by atoms with E-state index in [9.17, 15) is 19.5 Å². The van der Waals surface area contributed by atoms with Crippen LogP contribution in [0.1, 0.15) is 373 Å². The largest absolute Gasteiger partial charge is 0.545 e. The average molecular weight is 1120 g/mol. The lowest BCUT2D eigenvalue weighted by Crippen LogP contribution is -2.44. The first-order chi connectivity index (χ1) is 38.6. The van der Waals surface area contributed by atoms with Crippen molar-refractivity contribution in [3.8, 4) is 0 Å². The molecule has 2 unspecified atom stereocenters. The number of rotatable bonds is 67. The fourth-order valence-corrected chi connectivity index (χ4v) is 11.0. The standard InChI is InChI=1S/C70H137NO8/c1-6-8-10-12-14-16-18-20-22-24-26-28-30-32-34-36-38-40-42-44-46-48-50-52-54-56-58-60-67(72)77-64-66(65-78-70(69(74)75)76-63-62-71(3,4)5)79-68(73)61-59-57-55-53-51-49-47-45-43-41-39-37-35-33-31-29-27-25-23-21-19-17-15-13-11-9-7-2/h66,70H,6-65H2,1-5H3. The zero-order valence-corrected chi connectivity index (χ0v) is 53.8. The monoisotopic (exact) mass is 1120 g/mol. The van der Waals surface area contributed by atoms with Gasteiger partial charge in [0.15, 0.2) is 12.4 Å². The van der Waals surface area contributed by atoms with Crippen LogP contribution in [-0.2, 0) is 33.3 Å². The van der Waals surface area contributed by atoms with Gasteiger partial charge in [0.1, 0.15) is 13.2 Å². The molecule has 79 heavy (non-hydrogen) atoms. The number of ether oxygens (including phenoxy) is 4. The normalized spacial score (nSPS) is 12.6. The zero-order valence-electron chi connectivity index (χ0n) is 53.8. The lowest BCUT2D eigenvalue weighted by atomic mass is 10.0. The molecule has 0 aromatic rings. The van der Waals surface area contributed by atoms with E-state index in [1.54, 1.807) is 0 Å². The van der Waals surface area contributed by atoms with Crippen molar-refractivity contribution in [2.24, 2.45) is 0 Å². The Morgan fingerprint density at radius 1 is 0.329 bits per heavy atom. The lowest BCUT2D eigenvalue weighted by Gasteiger charge is -2.26. The van der Waals surface area contributed by atoms with Crippen LogP contribution >= 0.6 is 0 Å². The minimum atomic E-state index is -1.62. The van der Waals surface area contributed by atoms with E-state index < -0.39 is 24.3 Å². The minimum Gasteiger partial charge on any atom is -0.545 e. The summed E-state index contributed by atoms with van der Waals surface area (Å²) >= 11 is 0. The number of carboxylic acids is 1. The predicted octanol–water partition coefficient (Wildman–Crippen LogP) is 20.1. The van der Waals surface area contributed by atoms with Crippen LogP contribution in [-0.4, -0.2) is 82.3 Å². The third-order valence-electron chi connectivity index (χ3n) is 16.4. The number of carboxylic acid groups (broad SMARTS) is 1. The van der Waals surface area contributed by atoms with Crippen molar-refractivity contribution in [2.45, 2.75) is 386 Å². The Bertz CT molecular complexity index is 1260. The van der Waals surface area contributed by atoms with Crippen molar-refractivity contribution in [3.05, 3.63) is 0 Å². The van der Waals surface area contributed by atoms with Gasteiger partial charge >= 0.3 is 11.9 Å². The summed E-state index contributed by atoms with van der Waals surface area (Å²) in [5, 5.41) is 11.8. The van der Waals surface area contributed by atoms with Crippen LogP contribution in [0.5, 0.6) is 0 Å². The summed E-state index contributed by atoms with van der Waals surface area (Å²) in [6, 6.07) is 0. The molecule has 0 saturated carbocycles. The van der Waals surface area contributed by atoms with E-state index in [0.29, 0.717) is 17.4 Å². The second-order valence-corrected chi connectivity index (χ2v) is 25.5. The molecule has 2 atom stereocenters. The number of quaternary nitrogens is 1. The molecule has 9 heteroatoms. The summed E-state index contributed by atoms with van der Waals surface area (Å²) < 4.78 is 22.8. The highest BCUT2D eigenvalue weighted by Crippen LogP contribution is 2.20. The number of likely N-dealkylation sites (N-methyl/N-ethyl adjacent to an activating group) is 1. The first-order valence-electron chi connectivity index (χ1n) is 35.2. The molecule has 0 heterocycles. The summed E-state index contributed by atoms with van der Waals surface area (Å²) in [5.41, 5.74) is 0. The average Bonchev–Trinajstić information content (AvgIpc) is 3.42. The van der Waals surface area contributed by atoms with Crippen molar-refractivity contribution in [2.75, 3.05) is 47.5 Å². The number of hydrogen-bond donors (Lipinski definition) is 0. The third-order valence-corrected chi connectivity index (χ3v) is 16.4. The molecule has 0 amide bonds. The van der Waals surface area contributed by atoms with Gasteiger partial charge in [0.05, 0.1) is 40.3 Å². The van der Waals surface area contributed by atoms with E-state index >= 15 is 0 Å². The summed E-state index contributed by atoms with van der Waals surface area (Å²) in [5.74, 6) is -2.24. The molecule has 0 N–H and O–H groups in total. The van der Waals surface area contributed by atoms with Crippen LogP contribution in [0.2, 0.25) is 0 Å². The maximum Gasteiger partial charge on any atom is 0.306 e. The van der Waals surface area contributed by atoms with Crippen molar-refractivity contribution in [1.82, 2.24) is 0 Å². The molecule has 0 radical (unpaired) electrons. The highest BCUT2D eigenvalue weighted by molar-refractivity contribution is 5.70. The number of nitrogens with zero attached hydrogens (tertiary/aromatic N) is 1. The summed E-state index contributed by atoms with van der Waals surface area (Å²) in [6.45, 7) is 4.85. The molecular weight excluding hydrogens is 983 g/mol. The summed E-state index contributed by atoms with van der Waals surface area (Å²) in [7, 11) is 5.95. The van der Waals surface area contributed by atoms with Crippen LogP contribution in [0.3, 0.4) is 0 Å². The van der Waals surface area contributed by atoms with Gasteiger partial charge in [0.25, 0.3) is 0 Å². The molecule has 0 aliphatic carbocycles. The Morgan fingerprint density at radius 3 is 0.810 bits per heavy atom. The van der Waals surface area contributed by atoms with E-state index in [0.717, 1.165) is 38.5 Å². The van der Waals surface area contributed by atoms with Crippen molar-refractivity contribution in [1.29, 1.82) is 0 Å². The van der Waals surface area contributed by atoms with Crippen LogP contribution in [0, 0.1) is 0 Å². The third kappa shape index (κ3) is 63.7. The molecule has 0 aromatic carbocycles. The molecule has 0 spiro atoms. The maximum atomic E-state index is 12.9. The zero-order chi connectivity index (χ0) is 57.6. The summed E-state index contributed by atoms with van der Waals surface area (Å²) in [6.07, 6.45) is 70.5. The van der Waals surface area contributed by atoms with Gasteiger partial charge in [-0.2, -0.15) is 0 Å². The highest BCUT2D eigenvalue weighted by atomic mass is 16.7. The van der Waals surface area contributed by atoms with Gasteiger partial charge in [-0.15, -0.1) is 0 Å². The first kappa shape index (κ1) is 77.3. The van der Waals surface area contributed by atoms with E-state index in [2.05, 4.69) is 13.8 Å². The Labute approximate surface area is 492 Å². The molecule has 0 fully saturated rings. The maximum absolute atomic E-state index is 12.9. The Balaban J connectivity index is 4.05. The second kappa shape index (κ2) is 62.3. The number of hydrogen-bond acceptors (Lipinski definition) is 8. The number of esters is 2. The molecule has 0 saturated heterocycles. The number of unbranched alkanes of at least 4 members (excludes halogenated alkanes) is 52. The highest BCUT2D eigenvalue weighted by Gasteiger charge is 2.22. The molecule has 470 valence electrons. The van der Waals surface area contributed by atoms with Gasteiger partial charge in [-0.1, -0.05) is 348 Å². The van der Waals surface area contributed by atoms with Crippen LogP contribution in [0.4, 0.5) is 0 Å². The van der Waals surface area contributed by atoms with Gasteiger partial charge in [-0.25, -0.2) is 0 Å². The predicted molar refractivity (Wildman–Crippen MR) is 334 cm³/mol. The summed E-state index contributed by atoms with van der Waals surface area (Å²) in [4.78, 5) is 37.5. The molecule has 0 aliphatic heterocycles. The van der Waals surface area contributed by atoms with Gasteiger partial charge in [0.2, 0.25) is 0 Å². The van der Waals surface area contributed by atoms with Gasteiger partial charge < -0.3 is 33.3 Å². The van der Waals surface area contributed by atoms with Crippen molar-refractivity contribution in [3.63, 3.8) is 0 Å². The molecule has 0 rings (SSSR count). The second-order valence-electron chi connectivity index (χ2n) is 25.5. The Kier molecular flexibility index (Phi) is 61.0. The SMILES string of the molecule is CCCCCCCCCCCCCCCCCCCCCCCCCCCCCC(=O)OCC(COC(OCC[N+](C)(C)C)C(=O)[O-])OC(=O)CCCCCCCCCCCCCCCCCCCCCCCCCCCCC. The van der Waals surface area contributed by atoms with Crippen LogP contribution in [0.25, 0.3) is 0 Å². The van der Waals surface area contributed by atoms with Crippen molar-refractivity contribution >= 4 is 17.9 Å². The van der Waals surface area contributed by atoms with E-state index in [-0.39, 0.29) is 32.2 Å². The quantitative estimate of drug-likeness (QED) is 0.0256. The number of carbonyl (C=O) groups excluding carboxylic acids is 3. The topological polar surface area (TPSA) is 111 Å². The smallest absolute Gasteiger partial charge is 0.306 e. The fourth-order valence-electron chi connectivity index (χ4n) is 11.0. The van der Waals surface area contributed by atoms with Gasteiger partial charge in [-0.05, 0) is 12.8 Å². The lowest BCUT2D eigenvalue weighted by molar-refractivity contribution is -0.870. The van der Waals surface area contributed by atoms with E-state index in [4.69, 9.17) is 18.9 Å². The van der Waals surface area contributed by atoms with E-state index in [1.807, 2.05) is 21.1 Å². The van der Waals surface area contributed by atoms with Gasteiger partial charge in [0, 0.05) is 12.8 Å². The molecular formula is C70H137NO8. The van der Waals surface area contributed by atoms with Crippen LogP contribution in [0.15, 0.2) is 0 Å². The first-order valence-corrected chi connectivity index (χ1v) is 35.2. The van der Waals surface area contributed by atoms with Gasteiger partial charge in [-0.3, -0.25) is 9.59 Å². The Hall–Kier alpha value is -1.71. The number of carbonyl (C=O) groups is 3. The number of aliphatic carboxylic acids is 1. The van der Waals surface area contributed by atoms with Crippen LogP contribution < -0.4 is 5.11 Å². The van der Waals surface area contributed by atoms with Crippen molar-refractivity contribution < 1.29 is 42.9 Å². The molecule has 0 bridgehead atoms. The molecule has 0 aromatic heterocycles. The van der Waals surface area contributed by atoms with E-state index in [1.165, 1.54) is 308 Å². The molecule has 0 aliphatic rings. The Morgan fingerprint density at radius 2 is 0.570 bits per heavy atom. The molecule has 9 nitrogen and oxygen atoms in total. The minimum absolute atomic E-state index is 0.154.